The van der Waals surface area contributed by atoms with Crippen molar-refractivity contribution < 1.29 is 17.9 Å². The summed E-state index contributed by atoms with van der Waals surface area (Å²) in [6, 6.07) is 13.3. The molecular weight excluding hydrogens is 484 g/mol. The number of hydrogen-bond donors (Lipinski definition) is 1. The Bertz CT molecular complexity index is 1080. The normalized spacial score (nSPS) is 15.6. The molecule has 1 aliphatic heterocycles. The van der Waals surface area contributed by atoms with Gasteiger partial charge in [0.25, 0.3) is 10.0 Å². The van der Waals surface area contributed by atoms with Gasteiger partial charge in [-0.2, -0.15) is 0 Å². The summed E-state index contributed by atoms with van der Waals surface area (Å²) in [5.74, 6) is -0.0849. The van der Waals surface area contributed by atoms with Crippen molar-refractivity contribution in [1.29, 1.82) is 0 Å². The molecule has 2 aromatic rings. The molecule has 1 N–H and O–H groups in total. The van der Waals surface area contributed by atoms with E-state index in [9.17, 15) is 13.2 Å². The molecule has 0 aliphatic carbocycles. The number of nitrogens with zero attached hydrogens (tertiary/aromatic N) is 1. The zero-order chi connectivity index (χ0) is 27.3. The van der Waals surface area contributed by atoms with Crippen molar-refractivity contribution in [2.24, 2.45) is 0 Å². The zero-order valence-electron chi connectivity index (χ0n) is 23.4. The Kier molecular flexibility index (Phi) is 13.1. The van der Waals surface area contributed by atoms with E-state index in [2.05, 4.69) is 5.32 Å². The monoisotopic (exact) mass is 530 g/mol. The van der Waals surface area contributed by atoms with Crippen LogP contribution in [0.3, 0.4) is 0 Å². The van der Waals surface area contributed by atoms with Crippen molar-refractivity contribution in [3.05, 3.63) is 59.2 Å². The van der Waals surface area contributed by atoms with Crippen LogP contribution >= 0.6 is 0 Å². The molecule has 7 heteroatoms. The highest BCUT2D eigenvalue weighted by molar-refractivity contribution is 7.92. The minimum atomic E-state index is -3.62. The highest BCUT2D eigenvalue weighted by Gasteiger charge is 2.34. The number of anilines is 1. The summed E-state index contributed by atoms with van der Waals surface area (Å²) in [6.45, 7) is 9.06. The lowest BCUT2D eigenvalue weighted by Gasteiger charge is -2.22. The molecule has 0 amide bonds. The molecule has 6 nitrogen and oxygen atoms in total. The molecule has 1 heterocycles. The Labute approximate surface area is 224 Å². The molecule has 2 aromatic carbocycles. The number of esters is 1. The number of fused-ring (bicyclic) bond motifs is 2. The number of aryl methyl sites for hydroxylation is 1. The average molecular weight is 531 g/mol. The first kappa shape index (κ1) is 30.8. The van der Waals surface area contributed by atoms with Crippen LogP contribution in [-0.2, 0) is 19.6 Å². The van der Waals surface area contributed by atoms with Gasteiger partial charge in [-0.25, -0.2) is 8.42 Å². The Morgan fingerprint density at radius 3 is 2.22 bits per heavy atom. The van der Waals surface area contributed by atoms with Crippen molar-refractivity contribution in [2.45, 2.75) is 96.4 Å². The summed E-state index contributed by atoms with van der Waals surface area (Å²) in [6.07, 6.45) is 9.47. The van der Waals surface area contributed by atoms with Crippen molar-refractivity contribution >= 4 is 21.7 Å². The Morgan fingerprint density at radius 2 is 1.54 bits per heavy atom. The van der Waals surface area contributed by atoms with Gasteiger partial charge in [0.2, 0.25) is 0 Å². The van der Waals surface area contributed by atoms with E-state index < -0.39 is 10.0 Å². The number of carbonyl (C=O) groups excluding carboxylic acids is 1. The number of hydrogen-bond acceptors (Lipinski definition) is 5. The van der Waals surface area contributed by atoms with E-state index in [4.69, 9.17) is 4.74 Å². The molecule has 206 valence electrons. The van der Waals surface area contributed by atoms with Gasteiger partial charge in [0.15, 0.2) is 0 Å². The second-order valence-corrected chi connectivity index (χ2v) is 11.3. The fourth-order valence-electron chi connectivity index (χ4n) is 4.72. The molecule has 0 saturated carbocycles. The van der Waals surface area contributed by atoms with Gasteiger partial charge in [0.05, 0.1) is 23.2 Å². The van der Waals surface area contributed by atoms with E-state index in [0.717, 1.165) is 61.0 Å². The summed E-state index contributed by atoms with van der Waals surface area (Å²) < 4.78 is 33.1. The predicted molar refractivity (Wildman–Crippen MR) is 153 cm³/mol. The molecule has 0 fully saturated rings. The van der Waals surface area contributed by atoms with Crippen LogP contribution < -0.4 is 9.62 Å². The largest absolute Gasteiger partial charge is 0.466 e. The number of sulfonamides is 1. The Balaban J connectivity index is 0.00000235. The summed E-state index contributed by atoms with van der Waals surface area (Å²) in [5.41, 5.74) is 3.47. The Morgan fingerprint density at radius 1 is 0.919 bits per heavy atom. The zero-order valence-corrected chi connectivity index (χ0v) is 24.2. The number of ether oxygens (including phenoxy) is 1. The predicted octanol–water partition coefficient (Wildman–Crippen LogP) is 6.91. The fourth-order valence-corrected chi connectivity index (χ4v) is 6.26. The third kappa shape index (κ3) is 8.57. The topological polar surface area (TPSA) is 75.7 Å². The smallest absolute Gasteiger partial charge is 0.305 e. The lowest BCUT2D eigenvalue weighted by molar-refractivity contribution is -0.143. The minimum absolute atomic E-state index is 0.0849. The summed E-state index contributed by atoms with van der Waals surface area (Å²) in [4.78, 5) is 11.7. The molecule has 1 unspecified atom stereocenters. The standard InChI is InChI=1S/C28H40N2O4S.C2H6/c1-4-34-27(31)17-11-9-7-5-6-8-10-14-20-29-28-23-15-12-13-16-25(23)30(3)35(32,33)26-21-22(2)18-19-24(26)28;1-2/h12-13,15-16,18-19,21,28-29H,4-11,14,17,20H2,1-3H3;1-2H3. The molecular formula is C30H46N2O4S. The summed E-state index contributed by atoms with van der Waals surface area (Å²) >= 11 is 0. The second kappa shape index (κ2) is 15.8. The molecule has 0 saturated heterocycles. The molecule has 3 rings (SSSR count). The number of unbranched alkanes of at least 4 members (excludes halogenated alkanes) is 7. The van der Waals surface area contributed by atoms with Crippen molar-refractivity contribution in [3.8, 4) is 0 Å². The van der Waals surface area contributed by atoms with Crippen LogP contribution in [0.4, 0.5) is 5.69 Å². The van der Waals surface area contributed by atoms with Crippen LogP contribution in [0.5, 0.6) is 0 Å². The van der Waals surface area contributed by atoms with Gasteiger partial charge in [-0.05, 0) is 62.1 Å². The number of benzene rings is 2. The highest BCUT2D eigenvalue weighted by atomic mass is 32.2. The highest BCUT2D eigenvalue weighted by Crippen LogP contribution is 2.40. The van der Waals surface area contributed by atoms with Gasteiger partial charge >= 0.3 is 5.97 Å². The van der Waals surface area contributed by atoms with Crippen molar-refractivity contribution in [1.82, 2.24) is 5.32 Å². The maximum Gasteiger partial charge on any atom is 0.305 e. The first-order chi connectivity index (χ1) is 17.9. The second-order valence-electron chi connectivity index (χ2n) is 9.34. The van der Waals surface area contributed by atoms with E-state index in [-0.39, 0.29) is 12.0 Å². The summed E-state index contributed by atoms with van der Waals surface area (Å²) in [5, 5.41) is 3.66. The van der Waals surface area contributed by atoms with Crippen LogP contribution in [0.25, 0.3) is 0 Å². The molecule has 37 heavy (non-hydrogen) atoms. The van der Waals surface area contributed by atoms with E-state index in [1.807, 2.05) is 64.1 Å². The van der Waals surface area contributed by atoms with E-state index in [0.29, 0.717) is 17.9 Å². The third-order valence-electron chi connectivity index (χ3n) is 6.67. The number of nitrogens with one attached hydrogen (secondary N) is 1. The maximum absolute atomic E-state index is 13.4. The first-order valence-electron chi connectivity index (χ1n) is 13.9. The average Bonchev–Trinajstić information content (AvgIpc) is 2.96. The van der Waals surface area contributed by atoms with Crippen LogP contribution in [0.15, 0.2) is 47.4 Å². The molecule has 0 bridgehead atoms. The number of rotatable bonds is 13. The van der Waals surface area contributed by atoms with Crippen LogP contribution in [0.1, 0.15) is 101 Å². The quantitative estimate of drug-likeness (QED) is 0.225. The molecule has 0 radical (unpaired) electrons. The lowest BCUT2D eigenvalue weighted by atomic mass is 9.96. The van der Waals surface area contributed by atoms with Gasteiger partial charge in [0.1, 0.15) is 0 Å². The van der Waals surface area contributed by atoms with Gasteiger partial charge < -0.3 is 10.1 Å². The van der Waals surface area contributed by atoms with Gasteiger partial charge in [-0.15, -0.1) is 0 Å². The number of carbonyl (C=O) groups is 1. The van der Waals surface area contributed by atoms with Gasteiger partial charge in [0, 0.05) is 13.5 Å². The molecule has 1 atom stereocenters. The number of para-hydroxylation sites is 1. The molecule has 1 aliphatic rings. The van der Waals surface area contributed by atoms with Crippen LogP contribution in [0, 0.1) is 6.92 Å². The van der Waals surface area contributed by atoms with Gasteiger partial charge in [-0.3, -0.25) is 9.10 Å². The first-order valence-corrected chi connectivity index (χ1v) is 15.4. The SMILES string of the molecule is CC.CCOC(=O)CCCCCCCCCCNC1c2ccccc2N(C)S(=O)(=O)c2cc(C)ccc21. The van der Waals surface area contributed by atoms with Gasteiger partial charge in [-0.1, -0.05) is 82.7 Å². The van der Waals surface area contributed by atoms with E-state index >= 15 is 0 Å². The third-order valence-corrected chi connectivity index (χ3v) is 8.49. The molecule has 0 aromatic heterocycles. The summed E-state index contributed by atoms with van der Waals surface area (Å²) in [7, 11) is -1.98. The van der Waals surface area contributed by atoms with Crippen molar-refractivity contribution in [3.63, 3.8) is 0 Å². The molecule has 0 spiro atoms. The minimum Gasteiger partial charge on any atom is -0.466 e. The Hall–Kier alpha value is -2.38. The van der Waals surface area contributed by atoms with E-state index in [1.165, 1.54) is 23.6 Å². The van der Waals surface area contributed by atoms with Crippen LogP contribution in [-0.4, -0.2) is 34.6 Å². The van der Waals surface area contributed by atoms with Crippen molar-refractivity contribution in [2.75, 3.05) is 24.5 Å². The fraction of sp³-hybridized carbons (Fsp3) is 0.567. The maximum atomic E-state index is 13.4. The van der Waals surface area contributed by atoms with E-state index in [1.54, 1.807) is 13.1 Å². The van der Waals surface area contributed by atoms with Crippen LogP contribution in [0.2, 0.25) is 0 Å². The lowest BCUT2D eigenvalue weighted by Crippen LogP contribution is -2.26.